The minimum atomic E-state index is -0.0944. The Kier molecular flexibility index (Phi) is 8.37. The maximum Gasteiger partial charge on any atom is 0.234 e. The number of thioether (sulfide) groups is 1. The molecule has 0 unspecified atom stereocenters. The van der Waals surface area contributed by atoms with Crippen molar-refractivity contribution in [2.75, 3.05) is 18.2 Å². The summed E-state index contributed by atoms with van der Waals surface area (Å²) >= 11 is 2.85. The van der Waals surface area contributed by atoms with Crippen molar-refractivity contribution in [2.45, 2.75) is 55.3 Å². The molecule has 1 heterocycles. The van der Waals surface area contributed by atoms with Crippen LogP contribution in [-0.4, -0.2) is 35.7 Å². The number of benzene rings is 1. The van der Waals surface area contributed by atoms with Crippen molar-refractivity contribution < 1.29 is 14.3 Å². The van der Waals surface area contributed by atoms with Crippen LogP contribution in [0.4, 0.5) is 5.69 Å². The Bertz CT molecular complexity index is 800. The lowest BCUT2D eigenvalue weighted by Crippen LogP contribution is -2.35. The molecule has 1 aromatic heterocycles. The van der Waals surface area contributed by atoms with Crippen LogP contribution in [0.1, 0.15) is 44.2 Å². The number of rotatable bonds is 8. The van der Waals surface area contributed by atoms with Crippen LogP contribution in [-0.2, 0) is 16.0 Å². The quantitative estimate of drug-likeness (QED) is 0.480. The Balaban J connectivity index is 1.40. The average molecular weight is 434 g/mol. The van der Waals surface area contributed by atoms with E-state index in [4.69, 9.17) is 4.74 Å². The number of carbonyl (C=O) groups excluding carboxylic acids is 2. The molecule has 6 nitrogen and oxygen atoms in total. The van der Waals surface area contributed by atoms with Crippen LogP contribution in [0.5, 0.6) is 5.75 Å². The lowest BCUT2D eigenvalue weighted by Gasteiger charge is -2.15. The predicted molar refractivity (Wildman–Crippen MR) is 118 cm³/mol. The van der Waals surface area contributed by atoms with Crippen LogP contribution in [0.2, 0.25) is 0 Å². The van der Waals surface area contributed by atoms with Gasteiger partial charge in [0.2, 0.25) is 11.8 Å². The van der Waals surface area contributed by atoms with Crippen molar-refractivity contribution in [1.82, 2.24) is 10.3 Å². The highest BCUT2D eigenvalue weighted by molar-refractivity contribution is 8.01. The van der Waals surface area contributed by atoms with Gasteiger partial charge in [-0.2, -0.15) is 0 Å². The summed E-state index contributed by atoms with van der Waals surface area (Å²) < 4.78 is 5.90. The molecule has 8 heteroatoms. The average Bonchev–Trinajstić information content (AvgIpc) is 3.00. The largest absolute Gasteiger partial charge is 0.497 e. The molecule has 0 bridgehead atoms. The number of nitrogens with one attached hydrogen (secondary N) is 2. The fraction of sp³-hybridized carbons (Fsp3) is 0.476. The number of thiazole rings is 1. The molecule has 1 aliphatic carbocycles. The van der Waals surface area contributed by atoms with Gasteiger partial charge in [0.25, 0.3) is 0 Å². The molecule has 0 spiro atoms. The van der Waals surface area contributed by atoms with Crippen molar-refractivity contribution in [3.63, 3.8) is 0 Å². The fourth-order valence-electron chi connectivity index (χ4n) is 3.30. The van der Waals surface area contributed by atoms with Gasteiger partial charge in [-0.25, -0.2) is 4.98 Å². The second-order valence-corrected chi connectivity index (χ2v) is 9.18. The molecule has 2 N–H and O–H groups in total. The SMILES string of the molecule is COc1ccc(NC(=O)CSc2nc(CC(=O)NC3CCCCCC3)cs2)cc1. The first-order valence-corrected chi connectivity index (χ1v) is 11.8. The van der Waals surface area contributed by atoms with Crippen molar-refractivity contribution >= 4 is 40.6 Å². The van der Waals surface area contributed by atoms with Gasteiger partial charge in [-0.05, 0) is 37.1 Å². The monoisotopic (exact) mass is 433 g/mol. The van der Waals surface area contributed by atoms with E-state index < -0.39 is 0 Å². The Labute approximate surface area is 179 Å². The summed E-state index contributed by atoms with van der Waals surface area (Å²) in [6, 6.07) is 7.51. The highest BCUT2D eigenvalue weighted by Crippen LogP contribution is 2.24. The maximum atomic E-state index is 12.3. The number of hydrogen-bond acceptors (Lipinski definition) is 6. The van der Waals surface area contributed by atoms with Crippen molar-refractivity contribution in [3.05, 3.63) is 35.3 Å². The van der Waals surface area contributed by atoms with E-state index in [2.05, 4.69) is 15.6 Å². The molecule has 1 fully saturated rings. The topological polar surface area (TPSA) is 80.3 Å². The van der Waals surface area contributed by atoms with Crippen molar-refractivity contribution in [2.24, 2.45) is 0 Å². The van der Waals surface area contributed by atoms with Gasteiger partial charge in [0.1, 0.15) is 5.75 Å². The predicted octanol–water partition coefficient (Wildman–Crippen LogP) is 4.26. The molecule has 0 atom stereocenters. The molecular formula is C21H27N3O3S2. The first-order valence-electron chi connectivity index (χ1n) is 9.93. The lowest BCUT2D eigenvalue weighted by molar-refractivity contribution is -0.121. The second-order valence-electron chi connectivity index (χ2n) is 7.10. The summed E-state index contributed by atoms with van der Waals surface area (Å²) in [6.07, 6.45) is 7.38. The third-order valence-electron chi connectivity index (χ3n) is 4.79. The number of nitrogens with zero attached hydrogens (tertiary/aromatic N) is 1. The lowest BCUT2D eigenvalue weighted by atomic mass is 10.1. The molecule has 0 saturated heterocycles. The molecule has 156 valence electrons. The molecule has 3 rings (SSSR count). The summed E-state index contributed by atoms with van der Waals surface area (Å²) in [5, 5.41) is 7.90. The van der Waals surface area contributed by atoms with Gasteiger partial charge in [-0.15, -0.1) is 11.3 Å². The van der Waals surface area contributed by atoms with Gasteiger partial charge in [0.05, 0.1) is 25.0 Å². The van der Waals surface area contributed by atoms with Crippen LogP contribution in [0.25, 0.3) is 0 Å². The zero-order valence-electron chi connectivity index (χ0n) is 16.6. The zero-order chi connectivity index (χ0) is 20.5. The summed E-state index contributed by atoms with van der Waals surface area (Å²) in [5.41, 5.74) is 1.49. The van der Waals surface area contributed by atoms with Crippen molar-refractivity contribution in [1.29, 1.82) is 0 Å². The maximum absolute atomic E-state index is 12.3. The molecule has 1 aliphatic rings. The Morgan fingerprint density at radius 3 is 2.55 bits per heavy atom. The minimum Gasteiger partial charge on any atom is -0.497 e. The van der Waals surface area contributed by atoms with Gasteiger partial charge in [0, 0.05) is 17.1 Å². The number of carbonyl (C=O) groups is 2. The first kappa shape index (κ1) is 21.6. The Morgan fingerprint density at radius 2 is 1.86 bits per heavy atom. The van der Waals surface area contributed by atoms with E-state index in [-0.39, 0.29) is 17.6 Å². The normalized spacial score (nSPS) is 14.8. The van der Waals surface area contributed by atoms with E-state index in [1.54, 1.807) is 31.4 Å². The van der Waals surface area contributed by atoms with E-state index in [0.29, 0.717) is 12.5 Å². The molecule has 2 aromatic rings. The number of amides is 2. The summed E-state index contributed by atoms with van der Waals surface area (Å²) in [5.74, 6) is 0.961. The molecule has 2 amide bonds. The highest BCUT2D eigenvalue weighted by Gasteiger charge is 2.16. The first-order chi connectivity index (χ1) is 14.1. The molecule has 1 aromatic carbocycles. The third-order valence-corrected chi connectivity index (χ3v) is 6.86. The number of methoxy groups -OCH3 is 1. The van der Waals surface area contributed by atoms with E-state index >= 15 is 0 Å². The smallest absolute Gasteiger partial charge is 0.234 e. The van der Waals surface area contributed by atoms with Gasteiger partial charge >= 0.3 is 0 Å². The number of ether oxygens (including phenoxy) is 1. The van der Waals surface area contributed by atoms with Crippen LogP contribution >= 0.6 is 23.1 Å². The highest BCUT2D eigenvalue weighted by atomic mass is 32.2. The molecule has 1 saturated carbocycles. The minimum absolute atomic E-state index is 0.0380. The molecular weight excluding hydrogens is 406 g/mol. The van der Waals surface area contributed by atoms with Gasteiger partial charge in [-0.3, -0.25) is 9.59 Å². The molecule has 29 heavy (non-hydrogen) atoms. The van der Waals surface area contributed by atoms with Crippen LogP contribution in [0.3, 0.4) is 0 Å². The van der Waals surface area contributed by atoms with E-state index in [9.17, 15) is 9.59 Å². The summed E-state index contributed by atoms with van der Waals surface area (Å²) in [6.45, 7) is 0. The van der Waals surface area contributed by atoms with E-state index in [1.165, 1.54) is 48.8 Å². The fourth-order valence-corrected chi connectivity index (χ4v) is 4.95. The van der Waals surface area contributed by atoms with Crippen molar-refractivity contribution in [3.8, 4) is 5.75 Å². The number of hydrogen-bond donors (Lipinski definition) is 2. The van der Waals surface area contributed by atoms with Gasteiger partial charge in [-0.1, -0.05) is 37.4 Å². The van der Waals surface area contributed by atoms with Crippen LogP contribution in [0.15, 0.2) is 34.0 Å². The van der Waals surface area contributed by atoms with E-state index in [0.717, 1.165) is 34.3 Å². The van der Waals surface area contributed by atoms with E-state index in [1.807, 2.05) is 5.38 Å². The van der Waals surface area contributed by atoms with Crippen LogP contribution in [0, 0.1) is 0 Å². The molecule has 0 radical (unpaired) electrons. The summed E-state index contributed by atoms with van der Waals surface area (Å²) in [7, 11) is 1.60. The van der Waals surface area contributed by atoms with Crippen LogP contribution < -0.4 is 15.4 Å². The standard InChI is InChI=1S/C21H27N3O3S2/c1-27-18-10-8-16(9-11-18)23-20(26)14-29-21-24-17(13-28-21)12-19(25)22-15-6-4-2-3-5-7-15/h8-11,13,15H,2-7,12,14H2,1H3,(H,22,25)(H,23,26). The van der Waals surface area contributed by atoms with Gasteiger partial charge in [0.15, 0.2) is 4.34 Å². The summed E-state index contributed by atoms with van der Waals surface area (Å²) in [4.78, 5) is 28.9. The zero-order valence-corrected chi connectivity index (χ0v) is 18.2. The molecule has 0 aliphatic heterocycles. The number of anilines is 1. The Morgan fingerprint density at radius 1 is 1.14 bits per heavy atom. The second kappa shape index (κ2) is 11.2. The Hall–Kier alpha value is -2.06. The number of aromatic nitrogens is 1. The van der Waals surface area contributed by atoms with Gasteiger partial charge < -0.3 is 15.4 Å². The third kappa shape index (κ3) is 7.36.